The lowest BCUT2D eigenvalue weighted by molar-refractivity contribution is 0.372. The molecule has 19 heavy (non-hydrogen) atoms. The van der Waals surface area contributed by atoms with E-state index in [1.54, 1.807) is 11.8 Å². The fourth-order valence-corrected chi connectivity index (χ4v) is 2.58. The first-order valence-electron chi connectivity index (χ1n) is 6.18. The number of aromatic nitrogens is 2. The Morgan fingerprint density at radius 1 is 1.42 bits per heavy atom. The predicted octanol–water partition coefficient (Wildman–Crippen LogP) is 3.17. The predicted molar refractivity (Wildman–Crippen MR) is 77.6 cm³/mol. The van der Waals surface area contributed by atoms with Crippen LogP contribution in [0.25, 0.3) is 0 Å². The first-order chi connectivity index (χ1) is 9.28. The Hall–Kier alpha value is -1.04. The van der Waals surface area contributed by atoms with Crippen molar-refractivity contribution in [2.45, 2.75) is 24.0 Å². The molecule has 0 fully saturated rings. The number of nitrogens with one attached hydrogen (secondary N) is 1. The smallest absolute Gasteiger partial charge is 0.227 e. The van der Waals surface area contributed by atoms with Crippen LogP contribution in [0.4, 0.5) is 0 Å². The average Bonchev–Trinajstić information content (AvgIpc) is 2.85. The highest BCUT2D eigenvalue weighted by molar-refractivity contribution is 7.98. The molecule has 0 saturated carbocycles. The van der Waals surface area contributed by atoms with Gasteiger partial charge in [0.15, 0.2) is 5.82 Å². The molecule has 4 nitrogen and oxygen atoms in total. The maximum absolute atomic E-state index is 5.93. The van der Waals surface area contributed by atoms with E-state index in [0.29, 0.717) is 11.6 Å². The molecular weight excluding hydrogens is 282 g/mol. The van der Waals surface area contributed by atoms with Crippen LogP contribution in [-0.2, 0) is 12.2 Å². The number of hydrogen-bond donors (Lipinski definition) is 1. The second kappa shape index (κ2) is 7.53. The maximum Gasteiger partial charge on any atom is 0.227 e. The van der Waals surface area contributed by atoms with Gasteiger partial charge in [-0.2, -0.15) is 4.98 Å². The monoisotopic (exact) mass is 297 g/mol. The first-order valence-corrected chi connectivity index (χ1v) is 7.55. The van der Waals surface area contributed by atoms with Crippen molar-refractivity contribution in [3.63, 3.8) is 0 Å². The second-order valence-electron chi connectivity index (χ2n) is 3.95. The summed E-state index contributed by atoms with van der Waals surface area (Å²) in [4.78, 5) is 5.45. The van der Waals surface area contributed by atoms with E-state index in [-0.39, 0.29) is 0 Å². The van der Waals surface area contributed by atoms with Crippen LogP contribution in [0.15, 0.2) is 33.7 Å². The molecular formula is C13H16ClN3OS. The molecule has 2 aromatic rings. The molecule has 0 amide bonds. The molecule has 102 valence electrons. The lowest BCUT2D eigenvalue weighted by atomic mass is 10.4. The zero-order valence-electron chi connectivity index (χ0n) is 10.7. The minimum Gasteiger partial charge on any atom is -0.339 e. The molecule has 6 heteroatoms. The summed E-state index contributed by atoms with van der Waals surface area (Å²) in [5.41, 5.74) is 0. The highest BCUT2D eigenvalue weighted by atomic mass is 35.5. The average molecular weight is 298 g/mol. The van der Waals surface area contributed by atoms with E-state index in [2.05, 4.69) is 22.4 Å². The van der Waals surface area contributed by atoms with Gasteiger partial charge in [0.1, 0.15) is 0 Å². The summed E-state index contributed by atoms with van der Waals surface area (Å²) in [5.74, 6) is 2.09. The molecule has 1 N–H and O–H groups in total. The standard InChI is InChI=1S/C13H16ClN3OS/c1-2-15-7-6-13-16-12(17-18-13)9-19-11-5-3-4-10(14)8-11/h3-5,8,15H,2,6-7,9H2,1H3. The van der Waals surface area contributed by atoms with E-state index in [0.717, 1.165) is 35.3 Å². The summed E-state index contributed by atoms with van der Waals surface area (Å²) in [7, 11) is 0. The molecule has 1 aromatic carbocycles. The van der Waals surface area contributed by atoms with Crippen molar-refractivity contribution >= 4 is 23.4 Å². The largest absolute Gasteiger partial charge is 0.339 e. The van der Waals surface area contributed by atoms with Gasteiger partial charge in [-0.1, -0.05) is 29.7 Å². The molecule has 2 rings (SSSR count). The van der Waals surface area contributed by atoms with Gasteiger partial charge in [-0.25, -0.2) is 0 Å². The first kappa shape index (κ1) is 14.4. The van der Waals surface area contributed by atoms with Crippen molar-refractivity contribution in [2.24, 2.45) is 0 Å². The summed E-state index contributed by atoms with van der Waals surface area (Å²) in [6.07, 6.45) is 0.767. The Labute approximate surface area is 121 Å². The third kappa shape index (κ3) is 4.86. The van der Waals surface area contributed by atoms with Gasteiger partial charge >= 0.3 is 0 Å². The topological polar surface area (TPSA) is 51.0 Å². The molecule has 0 atom stereocenters. The number of nitrogens with zero attached hydrogens (tertiary/aromatic N) is 2. The highest BCUT2D eigenvalue weighted by Gasteiger charge is 2.06. The highest BCUT2D eigenvalue weighted by Crippen LogP contribution is 2.24. The van der Waals surface area contributed by atoms with Gasteiger partial charge in [-0.05, 0) is 24.7 Å². The van der Waals surface area contributed by atoms with E-state index < -0.39 is 0 Å². The zero-order valence-corrected chi connectivity index (χ0v) is 12.3. The SMILES string of the molecule is CCNCCc1nc(CSc2cccc(Cl)c2)no1. The minimum atomic E-state index is 0.683. The number of rotatable bonds is 7. The molecule has 0 saturated heterocycles. The maximum atomic E-state index is 5.93. The molecule has 1 heterocycles. The summed E-state index contributed by atoms with van der Waals surface area (Å²) in [6.45, 7) is 3.88. The van der Waals surface area contributed by atoms with Crippen LogP contribution < -0.4 is 5.32 Å². The minimum absolute atomic E-state index is 0.683. The molecule has 0 spiro atoms. The molecule has 1 aromatic heterocycles. The van der Waals surface area contributed by atoms with Crippen LogP contribution in [0.5, 0.6) is 0 Å². The van der Waals surface area contributed by atoms with Crippen LogP contribution >= 0.6 is 23.4 Å². The quantitative estimate of drug-likeness (QED) is 0.628. The Kier molecular flexibility index (Phi) is 5.69. The summed E-state index contributed by atoms with van der Waals surface area (Å²) < 4.78 is 5.18. The third-order valence-corrected chi connectivity index (χ3v) is 3.66. The summed E-state index contributed by atoms with van der Waals surface area (Å²) in [5, 5.41) is 7.93. The lowest BCUT2D eigenvalue weighted by Crippen LogP contribution is -2.16. The van der Waals surface area contributed by atoms with E-state index in [9.17, 15) is 0 Å². The second-order valence-corrected chi connectivity index (χ2v) is 5.44. The molecule has 0 aliphatic heterocycles. The summed E-state index contributed by atoms with van der Waals surface area (Å²) >= 11 is 7.58. The van der Waals surface area contributed by atoms with Gasteiger partial charge in [-0.3, -0.25) is 0 Å². The van der Waals surface area contributed by atoms with Crippen molar-refractivity contribution in [1.29, 1.82) is 0 Å². The lowest BCUT2D eigenvalue weighted by Gasteiger charge is -1.98. The number of hydrogen-bond acceptors (Lipinski definition) is 5. The molecule has 0 unspecified atom stereocenters. The van der Waals surface area contributed by atoms with Gasteiger partial charge in [0.2, 0.25) is 5.89 Å². The van der Waals surface area contributed by atoms with Gasteiger partial charge in [0, 0.05) is 22.9 Å². The van der Waals surface area contributed by atoms with E-state index >= 15 is 0 Å². The van der Waals surface area contributed by atoms with Crippen molar-refractivity contribution in [3.8, 4) is 0 Å². The van der Waals surface area contributed by atoms with E-state index in [1.807, 2.05) is 24.3 Å². The number of likely N-dealkylation sites (N-methyl/N-ethyl adjacent to an activating group) is 1. The van der Waals surface area contributed by atoms with Gasteiger partial charge < -0.3 is 9.84 Å². The van der Waals surface area contributed by atoms with Gasteiger partial charge in [0.05, 0.1) is 5.75 Å². The van der Waals surface area contributed by atoms with Crippen LogP contribution in [0.3, 0.4) is 0 Å². The molecule has 0 aliphatic carbocycles. The van der Waals surface area contributed by atoms with Crippen molar-refractivity contribution in [1.82, 2.24) is 15.5 Å². The Morgan fingerprint density at radius 3 is 3.11 bits per heavy atom. The van der Waals surface area contributed by atoms with Crippen LogP contribution in [-0.4, -0.2) is 23.2 Å². The fourth-order valence-electron chi connectivity index (χ4n) is 1.53. The van der Waals surface area contributed by atoms with Gasteiger partial charge in [0.25, 0.3) is 0 Å². The zero-order chi connectivity index (χ0) is 13.5. The van der Waals surface area contributed by atoms with E-state index in [4.69, 9.17) is 16.1 Å². The third-order valence-electron chi connectivity index (χ3n) is 2.44. The van der Waals surface area contributed by atoms with Gasteiger partial charge in [-0.15, -0.1) is 11.8 Å². The van der Waals surface area contributed by atoms with Crippen LogP contribution in [0.2, 0.25) is 5.02 Å². The Balaban J connectivity index is 1.83. The number of benzene rings is 1. The summed E-state index contributed by atoms with van der Waals surface area (Å²) in [6, 6.07) is 7.74. The van der Waals surface area contributed by atoms with Crippen LogP contribution in [0.1, 0.15) is 18.6 Å². The normalized spacial score (nSPS) is 10.8. The Bertz CT molecular complexity index is 518. The molecule has 0 bridgehead atoms. The van der Waals surface area contributed by atoms with Crippen molar-refractivity contribution in [3.05, 3.63) is 41.0 Å². The van der Waals surface area contributed by atoms with Crippen LogP contribution in [0, 0.1) is 0 Å². The fraction of sp³-hybridized carbons (Fsp3) is 0.385. The van der Waals surface area contributed by atoms with E-state index in [1.165, 1.54) is 0 Å². The molecule has 0 aliphatic rings. The number of halogens is 1. The molecule has 0 radical (unpaired) electrons. The Morgan fingerprint density at radius 2 is 2.32 bits per heavy atom. The van der Waals surface area contributed by atoms with Crippen molar-refractivity contribution in [2.75, 3.05) is 13.1 Å². The number of thioether (sulfide) groups is 1. The van der Waals surface area contributed by atoms with Crippen molar-refractivity contribution < 1.29 is 4.52 Å².